The Morgan fingerprint density at radius 1 is 1.05 bits per heavy atom. The summed E-state index contributed by atoms with van der Waals surface area (Å²) in [5, 5.41) is 3.25. The van der Waals surface area contributed by atoms with Gasteiger partial charge in [-0.15, -0.1) is 0 Å². The van der Waals surface area contributed by atoms with E-state index in [1.165, 1.54) is 0 Å². The highest BCUT2D eigenvalue weighted by Crippen LogP contribution is 2.17. The molecule has 19 heavy (non-hydrogen) atoms. The Morgan fingerprint density at radius 2 is 1.79 bits per heavy atom. The van der Waals surface area contributed by atoms with Crippen LogP contribution in [0.3, 0.4) is 0 Å². The number of ether oxygens (including phenoxy) is 2. The third-order valence-electron chi connectivity index (χ3n) is 2.56. The maximum absolute atomic E-state index is 5.61. The van der Waals surface area contributed by atoms with Crippen LogP contribution in [0.2, 0.25) is 0 Å². The average Bonchev–Trinajstić information content (AvgIpc) is 2.94. The summed E-state index contributed by atoms with van der Waals surface area (Å²) < 4.78 is 16.2. The summed E-state index contributed by atoms with van der Waals surface area (Å²) in [6.07, 6.45) is 1.67. The summed E-state index contributed by atoms with van der Waals surface area (Å²) in [5.74, 6) is 2.65. The van der Waals surface area contributed by atoms with Gasteiger partial charge in [0.1, 0.15) is 23.9 Å². The molecule has 0 saturated heterocycles. The van der Waals surface area contributed by atoms with Crippen LogP contribution in [-0.4, -0.2) is 19.8 Å². The van der Waals surface area contributed by atoms with Crippen LogP contribution in [0, 0.1) is 0 Å². The Hall–Kier alpha value is -1.94. The lowest BCUT2D eigenvalue weighted by molar-refractivity contribution is 0.308. The van der Waals surface area contributed by atoms with Gasteiger partial charge in [0.25, 0.3) is 0 Å². The summed E-state index contributed by atoms with van der Waals surface area (Å²) >= 11 is 0. The van der Waals surface area contributed by atoms with Crippen molar-refractivity contribution in [1.82, 2.24) is 5.32 Å². The predicted octanol–water partition coefficient (Wildman–Crippen LogP) is 2.85. The minimum atomic E-state index is 0.620. The average molecular weight is 261 g/mol. The zero-order valence-electron chi connectivity index (χ0n) is 11.1. The van der Waals surface area contributed by atoms with Gasteiger partial charge in [-0.05, 0) is 43.3 Å². The molecule has 0 fully saturated rings. The fourth-order valence-electron chi connectivity index (χ4n) is 1.66. The van der Waals surface area contributed by atoms with Crippen LogP contribution in [0.4, 0.5) is 0 Å². The van der Waals surface area contributed by atoms with E-state index in [4.69, 9.17) is 13.9 Å². The molecule has 0 aliphatic heterocycles. The van der Waals surface area contributed by atoms with Crippen molar-refractivity contribution in [2.24, 2.45) is 0 Å². The third-order valence-corrected chi connectivity index (χ3v) is 2.56. The molecule has 102 valence electrons. The molecule has 2 rings (SSSR count). The fourth-order valence-corrected chi connectivity index (χ4v) is 1.66. The number of benzene rings is 1. The van der Waals surface area contributed by atoms with E-state index in [0.29, 0.717) is 13.2 Å². The van der Waals surface area contributed by atoms with Gasteiger partial charge in [0.2, 0.25) is 0 Å². The summed E-state index contributed by atoms with van der Waals surface area (Å²) in [7, 11) is 0. The molecule has 0 aliphatic carbocycles. The van der Waals surface area contributed by atoms with Crippen molar-refractivity contribution in [3.05, 3.63) is 48.4 Å². The molecule has 1 aromatic heterocycles. The molecular weight excluding hydrogens is 242 g/mol. The molecule has 1 N–H and O–H groups in total. The largest absolute Gasteiger partial charge is 0.494 e. The predicted molar refractivity (Wildman–Crippen MR) is 73.5 cm³/mol. The second-order valence-corrected chi connectivity index (χ2v) is 4.01. The number of hydrogen-bond acceptors (Lipinski definition) is 4. The standard InChI is InChI=1S/C15H19NO3/c1-2-17-13-5-7-14(8-6-13)19-11-9-16-12-15-4-3-10-18-15/h3-8,10,16H,2,9,11-12H2,1H3. The van der Waals surface area contributed by atoms with Crippen LogP contribution >= 0.6 is 0 Å². The summed E-state index contributed by atoms with van der Waals surface area (Å²) in [6, 6.07) is 11.5. The van der Waals surface area contributed by atoms with Crippen molar-refractivity contribution < 1.29 is 13.9 Å². The number of furan rings is 1. The first-order valence-electron chi connectivity index (χ1n) is 6.47. The maximum Gasteiger partial charge on any atom is 0.119 e. The van der Waals surface area contributed by atoms with E-state index in [1.807, 2.05) is 43.3 Å². The first-order valence-corrected chi connectivity index (χ1v) is 6.47. The second-order valence-electron chi connectivity index (χ2n) is 4.01. The zero-order valence-corrected chi connectivity index (χ0v) is 11.1. The summed E-state index contributed by atoms with van der Waals surface area (Å²) in [6.45, 7) is 4.76. The van der Waals surface area contributed by atoms with Gasteiger partial charge in [-0.2, -0.15) is 0 Å². The second kappa shape index (κ2) is 7.48. The van der Waals surface area contributed by atoms with E-state index in [0.717, 1.165) is 30.3 Å². The van der Waals surface area contributed by atoms with Crippen LogP contribution in [0.5, 0.6) is 11.5 Å². The van der Waals surface area contributed by atoms with E-state index in [1.54, 1.807) is 6.26 Å². The lowest BCUT2D eigenvalue weighted by Gasteiger charge is -2.08. The lowest BCUT2D eigenvalue weighted by atomic mass is 10.3. The van der Waals surface area contributed by atoms with Crippen molar-refractivity contribution in [3.63, 3.8) is 0 Å². The first-order chi connectivity index (χ1) is 9.38. The lowest BCUT2D eigenvalue weighted by Crippen LogP contribution is -2.20. The van der Waals surface area contributed by atoms with Gasteiger partial charge in [0.05, 0.1) is 19.4 Å². The van der Waals surface area contributed by atoms with Crippen molar-refractivity contribution in [3.8, 4) is 11.5 Å². The van der Waals surface area contributed by atoms with Crippen LogP contribution in [0.1, 0.15) is 12.7 Å². The van der Waals surface area contributed by atoms with Crippen molar-refractivity contribution >= 4 is 0 Å². The maximum atomic E-state index is 5.61. The summed E-state index contributed by atoms with van der Waals surface area (Å²) in [5.41, 5.74) is 0. The molecule has 4 nitrogen and oxygen atoms in total. The molecule has 0 unspecified atom stereocenters. The Morgan fingerprint density at radius 3 is 2.42 bits per heavy atom. The van der Waals surface area contributed by atoms with Crippen molar-refractivity contribution in [2.75, 3.05) is 19.8 Å². The molecular formula is C15H19NO3. The van der Waals surface area contributed by atoms with Crippen LogP contribution in [0.25, 0.3) is 0 Å². The van der Waals surface area contributed by atoms with E-state index < -0.39 is 0 Å². The molecule has 0 radical (unpaired) electrons. The third kappa shape index (κ3) is 4.67. The molecule has 4 heteroatoms. The Balaban J connectivity index is 1.62. The topological polar surface area (TPSA) is 43.6 Å². The molecule has 0 saturated carbocycles. The molecule has 0 aliphatic rings. The van der Waals surface area contributed by atoms with Crippen LogP contribution in [-0.2, 0) is 6.54 Å². The van der Waals surface area contributed by atoms with Gasteiger partial charge in [-0.1, -0.05) is 0 Å². The normalized spacial score (nSPS) is 10.4. The van der Waals surface area contributed by atoms with E-state index >= 15 is 0 Å². The molecule has 0 bridgehead atoms. The van der Waals surface area contributed by atoms with E-state index in [9.17, 15) is 0 Å². The molecule has 1 aromatic carbocycles. The Labute approximate surface area is 113 Å². The monoisotopic (exact) mass is 261 g/mol. The number of hydrogen-bond donors (Lipinski definition) is 1. The van der Waals surface area contributed by atoms with Gasteiger partial charge in [-0.25, -0.2) is 0 Å². The number of rotatable bonds is 8. The van der Waals surface area contributed by atoms with Crippen molar-refractivity contribution in [1.29, 1.82) is 0 Å². The summed E-state index contributed by atoms with van der Waals surface area (Å²) in [4.78, 5) is 0. The molecule has 0 spiro atoms. The molecule has 0 amide bonds. The van der Waals surface area contributed by atoms with Crippen LogP contribution < -0.4 is 14.8 Å². The fraction of sp³-hybridized carbons (Fsp3) is 0.333. The van der Waals surface area contributed by atoms with Crippen molar-refractivity contribution in [2.45, 2.75) is 13.5 Å². The Bertz CT molecular complexity index is 451. The van der Waals surface area contributed by atoms with Gasteiger partial charge >= 0.3 is 0 Å². The Kier molecular flexibility index (Phi) is 5.31. The minimum absolute atomic E-state index is 0.620. The molecule has 1 heterocycles. The van der Waals surface area contributed by atoms with Crippen LogP contribution in [0.15, 0.2) is 47.1 Å². The highest BCUT2D eigenvalue weighted by atomic mass is 16.5. The van der Waals surface area contributed by atoms with Gasteiger partial charge in [-0.3, -0.25) is 0 Å². The zero-order chi connectivity index (χ0) is 13.3. The highest BCUT2D eigenvalue weighted by Gasteiger charge is 1.97. The first kappa shape index (κ1) is 13.5. The van der Waals surface area contributed by atoms with E-state index in [2.05, 4.69) is 5.32 Å². The van der Waals surface area contributed by atoms with E-state index in [-0.39, 0.29) is 0 Å². The SMILES string of the molecule is CCOc1ccc(OCCNCc2ccco2)cc1. The molecule has 0 atom stereocenters. The molecule has 2 aromatic rings. The highest BCUT2D eigenvalue weighted by molar-refractivity contribution is 5.31. The quantitative estimate of drug-likeness (QED) is 0.742. The minimum Gasteiger partial charge on any atom is -0.494 e. The van der Waals surface area contributed by atoms with Gasteiger partial charge < -0.3 is 19.2 Å². The smallest absolute Gasteiger partial charge is 0.119 e. The number of nitrogens with one attached hydrogen (secondary N) is 1. The van der Waals surface area contributed by atoms with Gasteiger partial charge in [0, 0.05) is 6.54 Å². The van der Waals surface area contributed by atoms with Gasteiger partial charge in [0.15, 0.2) is 0 Å².